The summed E-state index contributed by atoms with van der Waals surface area (Å²) in [5.74, 6) is -0.533. The molecular formula is C11H13F2NOS. The maximum atomic E-state index is 13.0. The fraction of sp³-hybridized carbons (Fsp3) is 0.455. The summed E-state index contributed by atoms with van der Waals surface area (Å²) in [5.41, 5.74) is 0.518. The third-order valence-corrected chi connectivity index (χ3v) is 3.76. The number of rotatable bonds is 3. The van der Waals surface area contributed by atoms with Crippen LogP contribution in [0.25, 0.3) is 0 Å². The van der Waals surface area contributed by atoms with Crippen molar-refractivity contribution >= 4 is 11.8 Å². The zero-order valence-corrected chi connectivity index (χ0v) is 9.49. The Labute approximate surface area is 97.0 Å². The molecule has 1 aliphatic rings. The van der Waals surface area contributed by atoms with Crippen LogP contribution in [0.2, 0.25) is 0 Å². The molecule has 2 N–H and O–H groups in total. The number of aromatic hydroxyl groups is 1. The van der Waals surface area contributed by atoms with Gasteiger partial charge in [-0.1, -0.05) is 0 Å². The highest BCUT2D eigenvalue weighted by molar-refractivity contribution is 7.99. The summed E-state index contributed by atoms with van der Waals surface area (Å²) in [5, 5.41) is 12.2. The van der Waals surface area contributed by atoms with Crippen molar-refractivity contribution in [3.8, 4) is 5.75 Å². The average molecular weight is 245 g/mol. The lowest BCUT2D eigenvalue weighted by Crippen LogP contribution is -2.28. The van der Waals surface area contributed by atoms with Crippen LogP contribution in [0.15, 0.2) is 12.1 Å². The monoisotopic (exact) mass is 245 g/mol. The quantitative estimate of drug-likeness (QED) is 0.856. The molecular weight excluding hydrogens is 232 g/mol. The Hall–Kier alpha value is -0.810. The molecule has 0 amide bonds. The van der Waals surface area contributed by atoms with Gasteiger partial charge in [0, 0.05) is 18.3 Å². The minimum Gasteiger partial charge on any atom is -0.503 e. The average Bonchev–Trinajstić information content (AvgIpc) is 2.75. The van der Waals surface area contributed by atoms with E-state index < -0.39 is 17.4 Å². The number of phenolic OH excluding ortho intramolecular Hbond substituents is 1. The predicted octanol–water partition coefficient (Wildman–Crippen LogP) is 2.27. The summed E-state index contributed by atoms with van der Waals surface area (Å²) in [7, 11) is 0. The van der Waals surface area contributed by atoms with Gasteiger partial charge in [0.05, 0.1) is 0 Å². The summed E-state index contributed by atoms with van der Waals surface area (Å²) >= 11 is 1.88. The first-order valence-electron chi connectivity index (χ1n) is 5.15. The third kappa shape index (κ3) is 2.65. The van der Waals surface area contributed by atoms with Crippen LogP contribution < -0.4 is 5.32 Å². The Kier molecular flexibility index (Phi) is 3.66. The van der Waals surface area contributed by atoms with Crippen LogP contribution in [-0.2, 0) is 6.54 Å². The lowest BCUT2D eigenvalue weighted by Gasteiger charge is -2.11. The van der Waals surface area contributed by atoms with Gasteiger partial charge in [-0.05, 0) is 29.9 Å². The van der Waals surface area contributed by atoms with Crippen molar-refractivity contribution in [1.82, 2.24) is 5.32 Å². The molecule has 1 unspecified atom stereocenters. The number of halogens is 2. The number of nitrogens with one attached hydrogen (secondary N) is 1. The van der Waals surface area contributed by atoms with E-state index in [0.29, 0.717) is 18.2 Å². The largest absolute Gasteiger partial charge is 0.503 e. The predicted molar refractivity (Wildman–Crippen MR) is 60.6 cm³/mol. The number of phenols is 1. The second-order valence-corrected chi connectivity index (χ2v) is 5.00. The van der Waals surface area contributed by atoms with E-state index in [0.717, 1.165) is 30.1 Å². The molecule has 0 bridgehead atoms. The summed E-state index contributed by atoms with van der Waals surface area (Å²) in [6.45, 7) is 0.430. The molecule has 5 heteroatoms. The molecule has 1 aromatic carbocycles. The minimum absolute atomic E-state index is 0.421. The van der Waals surface area contributed by atoms with Gasteiger partial charge in [0.25, 0.3) is 0 Å². The van der Waals surface area contributed by atoms with E-state index in [2.05, 4.69) is 5.32 Å². The summed E-state index contributed by atoms with van der Waals surface area (Å²) in [4.78, 5) is 0. The van der Waals surface area contributed by atoms with Crippen molar-refractivity contribution < 1.29 is 13.9 Å². The zero-order chi connectivity index (χ0) is 11.5. The van der Waals surface area contributed by atoms with Gasteiger partial charge < -0.3 is 10.4 Å². The van der Waals surface area contributed by atoms with Gasteiger partial charge in [-0.15, -0.1) is 0 Å². The maximum Gasteiger partial charge on any atom is 0.187 e. The van der Waals surface area contributed by atoms with E-state index in [9.17, 15) is 8.78 Å². The molecule has 0 aromatic heterocycles. The van der Waals surface area contributed by atoms with Crippen molar-refractivity contribution in [2.45, 2.75) is 19.0 Å². The standard InChI is InChI=1S/C11H13F2NOS/c12-9-3-7(4-10(13)11(9)15)5-14-8-1-2-16-6-8/h3-4,8,14-15H,1-2,5-6H2. The van der Waals surface area contributed by atoms with Gasteiger partial charge in [0.2, 0.25) is 0 Å². The van der Waals surface area contributed by atoms with Gasteiger partial charge in [-0.3, -0.25) is 0 Å². The van der Waals surface area contributed by atoms with Crippen molar-refractivity contribution in [3.05, 3.63) is 29.3 Å². The number of hydrogen-bond donors (Lipinski definition) is 2. The molecule has 16 heavy (non-hydrogen) atoms. The molecule has 1 saturated heterocycles. The molecule has 2 rings (SSSR count). The Morgan fingerprint density at radius 3 is 2.62 bits per heavy atom. The van der Waals surface area contributed by atoms with E-state index in [4.69, 9.17) is 5.11 Å². The molecule has 0 spiro atoms. The van der Waals surface area contributed by atoms with E-state index in [-0.39, 0.29) is 0 Å². The molecule has 1 aliphatic heterocycles. The zero-order valence-electron chi connectivity index (χ0n) is 8.67. The lowest BCUT2D eigenvalue weighted by atomic mass is 10.1. The van der Waals surface area contributed by atoms with Crippen LogP contribution in [0.3, 0.4) is 0 Å². The molecule has 2 nitrogen and oxygen atoms in total. The molecule has 1 aromatic rings. The van der Waals surface area contributed by atoms with Crippen molar-refractivity contribution in [3.63, 3.8) is 0 Å². The number of benzene rings is 1. The van der Waals surface area contributed by atoms with Gasteiger partial charge in [0.1, 0.15) is 0 Å². The Balaban J connectivity index is 1.98. The number of thioether (sulfide) groups is 1. The Morgan fingerprint density at radius 1 is 1.38 bits per heavy atom. The van der Waals surface area contributed by atoms with Crippen molar-refractivity contribution in [2.75, 3.05) is 11.5 Å². The maximum absolute atomic E-state index is 13.0. The first-order valence-corrected chi connectivity index (χ1v) is 6.30. The normalized spacial score (nSPS) is 20.2. The van der Waals surface area contributed by atoms with Crippen LogP contribution in [0.1, 0.15) is 12.0 Å². The molecule has 1 atom stereocenters. The SMILES string of the molecule is Oc1c(F)cc(CNC2CCSC2)cc1F. The van der Waals surface area contributed by atoms with E-state index in [1.807, 2.05) is 11.8 Å². The van der Waals surface area contributed by atoms with Crippen molar-refractivity contribution in [1.29, 1.82) is 0 Å². The first-order chi connectivity index (χ1) is 7.66. The molecule has 0 aliphatic carbocycles. The minimum atomic E-state index is -0.905. The molecule has 1 heterocycles. The summed E-state index contributed by atoms with van der Waals surface area (Å²) < 4.78 is 26.0. The van der Waals surface area contributed by atoms with Crippen LogP contribution in [0.5, 0.6) is 5.75 Å². The smallest absolute Gasteiger partial charge is 0.187 e. The molecule has 1 fully saturated rings. The number of hydrogen-bond acceptors (Lipinski definition) is 3. The fourth-order valence-corrected chi connectivity index (χ4v) is 2.86. The summed E-state index contributed by atoms with van der Waals surface area (Å²) in [6.07, 6.45) is 1.09. The van der Waals surface area contributed by atoms with E-state index in [1.165, 1.54) is 0 Å². The Bertz CT molecular complexity index is 357. The highest BCUT2D eigenvalue weighted by Gasteiger charge is 2.15. The van der Waals surface area contributed by atoms with Crippen LogP contribution >= 0.6 is 11.8 Å². The van der Waals surface area contributed by atoms with Crippen LogP contribution in [-0.4, -0.2) is 22.7 Å². The molecule has 88 valence electrons. The highest BCUT2D eigenvalue weighted by atomic mass is 32.2. The van der Waals surface area contributed by atoms with Crippen LogP contribution in [0.4, 0.5) is 8.78 Å². The van der Waals surface area contributed by atoms with Gasteiger partial charge in [0.15, 0.2) is 17.4 Å². The lowest BCUT2D eigenvalue weighted by molar-refractivity contribution is 0.394. The second-order valence-electron chi connectivity index (χ2n) is 3.85. The third-order valence-electron chi connectivity index (χ3n) is 2.60. The summed E-state index contributed by atoms with van der Waals surface area (Å²) in [6, 6.07) is 2.74. The van der Waals surface area contributed by atoms with Gasteiger partial charge in [-0.2, -0.15) is 11.8 Å². The molecule has 0 radical (unpaired) electrons. The first kappa shape index (κ1) is 11.7. The van der Waals surface area contributed by atoms with E-state index in [1.54, 1.807) is 0 Å². The topological polar surface area (TPSA) is 32.3 Å². The van der Waals surface area contributed by atoms with Gasteiger partial charge >= 0.3 is 0 Å². The van der Waals surface area contributed by atoms with E-state index >= 15 is 0 Å². The van der Waals surface area contributed by atoms with Crippen LogP contribution in [0, 0.1) is 11.6 Å². The fourth-order valence-electron chi connectivity index (χ4n) is 1.68. The Morgan fingerprint density at radius 2 is 2.06 bits per heavy atom. The van der Waals surface area contributed by atoms with Crippen molar-refractivity contribution in [2.24, 2.45) is 0 Å². The highest BCUT2D eigenvalue weighted by Crippen LogP contribution is 2.22. The molecule has 0 saturated carbocycles. The second kappa shape index (κ2) is 5.01. The van der Waals surface area contributed by atoms with Gasteiger partial charge in [-0.25, -0.2) is 8.78 Å².